The third-order valence-electron chi connectivity index (χ3n) is 4.77. The molecule has 2 unspecified atom stereocenters. The molecule has 0 bridgehead atoms. The molecule has 0 saturated heterocycles. The molecule has 2 N–H and O–H groups in total. The van der Waals surface area contributed by atoms with Gasteiger partial charge in [0.25, 0.3) is 5.91 Å². The third-order valence-corrected chi connectivity index (χ3v) is 5.41. The average Bonchev–Trinajstić information content (AvgIpc) is 3.18. The number of amides is 2. The van der Waals surface area contributed by atoms with Crippen molar-refractivity contribution >= 4 is 23.6 Å². The summed E-state index contributed by atoms with van der Waals surface area (Å²) in [6, 6.07) is 12.1. The molecule has 1 aliphatic heterocycles. The van der Waals surface area contributed by atoms with Crippen molar-refractivity contribution in [3.05, 3.63) is 59.2 Å². The molecule has 2 amide bonds. The Bertz CT molecular complexity index is 887. The number of fused-ring (bicyclic) bond motifs is 1. The fourth-order valence-electron chi connectivity index (χ4n) is 3.11. The lowest BCUT2D eigenvalue weighted by atomic mass is 10.1. The van der Waals surface area contributed by atoms with Gasteiger partial charge in [-0.25, -0.2) is 0 Å². The Morgan fingerprint density at radius 2 is 1.90 bits per heavy atom. The summed E-state index contributed by atoms with van der Waals surface area (Å²) in [6.07, 6.45) is 2.53. The molecule has 0 aromatic heterocycles. The molecule has 0 aliphatic carbocycles. The van der Waals surface area contributed by atoms with Crippen molar-refractivity contribution in [1.29, 1.82) is 0 Å². The van der Waals surface area contributed by atoms with Gasteiger partial charge in [-0.2, -0.15) is 11.8 Å². The summed E-state index contributed by atoms with van der Waals surface area (Å²) in [6.45, 7) is 4.05. The summed E-state index contributed by atoms with van der Waals surface area (Å²) in [5.74, 6) is 1.70. The van der Waals surface area contributed by atoms with Gasteiger partial charge in [0.05, 0.1) is 6.04 Å². The number of nitrogens with one attached hydrogen (secondary N) is 2. The number of aryl methyl sites for hydroxylation is 1. The minimum absolute atomic E-state index is 0.204. The molecule has 3 rings (SSSR count). The fourth-order valence-corrected chi connectivity index (χ4v) is 3.58. The van der Waals surface area contributed by atoms with Crippen molar-refractivity contribution < 1.29 is 19.1 Å². The highest BCUT2D eigenvalue weighted by molar-refractivity contribution is 7.98. The molecule has 1 aliphatic rings. The van der Waals surface area contributed by atoms with E-state index in [-0.39, 0.29) is 24.6 Å². The minimum atomic E-state index is -0.605. The molecular formula is C22H26N2O4S. The van der Waals surface area contributed by atoms with Crippen LogP contribution in [0.3, 0.4) is 0 Å². The van der Waals surface area contributed by atoms with Crippen molar-refractivity contribution in [3.8, 4) is 11.5 Å². The predicted molar refractivity (Wildman–Crippen MR) is 115 cm³/mol. The number of carbonyl (C=O) groups is 2. The van der Waals surface area contributed by atoms with Crippen molar-refractivity contribution in [3.63, 3.8) is 0 Å². The standard InChI is InChI=1S/C22H26N2O4S/c1-14-5-4-6-17(11-14)21(25)24-18(9-10-29-3)22(26)23-15(2)16-7-8-19-20(12-16)28-13-27-19/h4-8,11-12,15,18H,9-10,13H2,1-3H3,(H,23,26)(H,24,25). The maximum Gasteiger partial charge on any atom is 0.251 e. The van der Waals surface area contributed by atoms with Gasteiger partial charge in [-0.15, -0.1) is 0 Å². The van der Waals surface area contributed by atoms with E-state index in [1.54, 1.807) is 17.8 Å². The van der Waals surface area contributed by atoms with Crippen molar-refractivity contribution in [2.24, 2.45) is 0 Å². The highest BCUT2D eigenvalue weighted by atomic mass is 32.2. The Kier molecular flexibility index (Phi) is 7.04. The number of benzene rings is 2. The van der Waals surface area contributed by atoms with E-state index in [2.05, 4.69) is 10.6 Å². The van der Waals surface area contributed by atoms with Crippen molar-refractivity contribution in [2.75, 3.05) is 18.8 Å². The highest BCUT2D eigenvalue weighted by Crippen LogP contribution is 2.34. The number of rotatable bonds is 8. The first-order valence-electron chi connectivity index (χ1n) is 9.54. The van der Waals surface area contributed by atoms with Gasteiger partial charge in [-0.3, -0.25) is 9.59 Å². The first-order chi connectivity index (χ1) is 14.0. The number of hydrogen-bond acceptors (Lipinski definition) is 5. The zero-order valence-electron chi connectivity index (χ0n) is 16.9. The van der Waals surface area contributed by atoms with Gasteiger partial charge in [-0.05, 0) is 62.1 Å². The van der Waals surface area contributed by atoms with E-state index in [0.29, 0.717) is 23.5 Å². The lowest BCUT2D eigenvalue weighted by Gasteiger charge is -2.22. The molecular weight excluding hydrogens is 388 g/mol. The van der Waals surface area contributed by atoms with Crippen LogP contribution in [-0.4, -0.2) is 36.7 Å². The molecule has 0 spiro atoms. The number of thioether (sulfide) groups is 1. The van der Waals surface area contributed by atoms with Crippen LogP contribution in [0.25, 0.3) is 0 Å². The van der Waals surface area contributed by atoms with Gasteiger partial charge >= 0.3 is 0 Å². The van der Waals surface area contributed by atoms with Crippen LogP contribution in [0.15, 0.2) is 42.5 Å². The van der Waals surface area contributed by atoms with E-state index in [9.17, 15) is 9.59 Å². The highest BCUT2D eigenvalue weighted by Gasteiger charge is 2.24. The topological polar surface area (TPSA) is 76.7 Å². The number of ether oxygens (including phenoxy) is 2. The van der Waals surface area contributed by atoms with E-state index in [1.807, 2.05) is 56.5 Å². The monoisotopic (exact) mass is 414 g/mol. The van der Waals surface area contributed by atoms with Gasteiger partial charge in [0.15, 0.2) is 11.5 Å². The molecule has 2 aromatic rings. The van der Waals surface area contributed by atoms with Gasteiger partial charge in [-0.1, -0.05) is 23.8 Å². The van der Waals surface area contributed by atoms with E-state index >= 15 is 0 Å². The van der Waals surface area contributed by atoms with E-state index in [4.69, 9.17) is 9.47 Å². The summed E-state index contributed by atoms with van der Waals surface area (Å²) in [5.41, 5.74) is 2.46. The molecule has 2 atom stereocenters. The van der Waals surface area contributed by atoms with E-state index < -0.39 is 6.04 Å². The quantitative estimate of drug-likeness (QED) is 0.692. The second-order valence-corrected chi connectivity index (χ2v) is 8.01. The van der Waals surface area contributed by atoms with Gasteiger partial charge in [0, 0.05) is 5.56 Å². The SMILES string of the molecule is CSCCC(NC(=O)c1cccc(C)c1)C(=O)NC(C)c1ccc2c(c1)OCO2. The molecule has 0 fully saturated rings. The Hall–Kier alpha value is -2.67. The maximum absolute atomic E-state index is 12.9. The number of hydrogen-bond donors (Lipinski definition) is 2. The molecule has 7 heteroatoms. The summed E-state index contributed by atoms with van der Waals surface area (Å²) in [5, 5.41) is 5.89. The molecule has 0 radical (unpaired) electrons. The molecule has 1 heterocycles. The Labute approximate surface area is 175 Å². The summed E-state index contributed by atoms with van der Waals surface area (Å²) in [4.78, 5) is 25.5. The van der Waals surface area contributed by atoms with Crippen LogP contribution in [0.5, 0.6) is 11.5 Å². The van der Waals surface area contributed by atoms with Crippen molar-refractivity contribution in [2.45, 2.75) is 32.4 Å². The molecule has 29 heavy (non-hydrogen) atoms. The fraction of sp³-hybridized carbons (Fsp3) is 0.364. The van der Waals surface area contributed by atoms with Crippen LogP contribution in [0, 0.1) is 6.92 Å². The summed E-state index contributed by atoms with van der Waals surface area (Å²) >= 11 is 1.64. The van der Waals surface area contributed by atoms with Crippen LogP contribution in [-0.2, 0) is 4.79 Å². The van der Waals surface area contributed by atoms with E-state index in [0.717, 1.165) is 16.9 Å². The predicted octanol–water partition coefficient (Wildman–Crippen LogP) is 3.45. The summed E-state index contributed by atoms with van der Waals surface area (Å²) in [7, 11) is 0. The Morgan fingerprint density at radius 1 is 1.10 bits per heavy atom. The summed E-state index contributed by atoms with van der Waals surface area (Å²) < 4.78 is 10.7. The molecule has 154 valence electrons. The van der Waals surface area contributed by atoms with Crippen LogP contribution >= 0.6 is 11.8 Å². The first kappa shape index (κ1) is 21.0. The Morgan fingerprint density at radius 3 is 2.66 bits per heavy atom. The average molecular weight is 415 g/mol. The largest absolute Gasteiger partial charge is 0.454 e. The third kappa shape index (κ3) is 5.44. The van der Waals surface area contributed by atoms with Gasteiger partial charge in [0.1, 0.15) is 6.04 Å². The second kappa shape index (κ2) is 9.69. The zero-order chi connectivity index (χ0) is 20.8. The van der Waals surface area contributed by atoms with Gasteiger partial charge in [0.2, 0.25) is 12.7 Å². The molecule has 6 nitrogen and oxygen atoms in total. The lowest BCUT2D eigenvalue weighted by Crippen LogP contribution is -2.47. The van der Waals surface area contributed by atoms with Crippen LogP contribution in [0.1, 0.15) is 40.9 Å². The maximum atomic E-state index is 12.9. The van der Waals surface area contributed by atoms with E-state index in [1.165, 1.54) is 0 Å². The van der Waals surface area contributed by atoms with Crippen LogP contribution in [0.2, 0.25) is 0 Å². The molecule has 2 aromatic carbocycles. The minimum Gasteiger partial charge on any atom is -0.454 e. The second-order valence-electron chi connectivity index (χ2n) is 7.02. The Balaban J connectivity index is 1.67. The molecule has 0 saturated carbocycles. The van der Waals surface area contributed by atoms with Crippen molar-refractivity contribution in [1.82, 2.24) is 10.6 Å². The zero-order valence-corrected chi connectivity index (χ0v) is 17.7. The smallest absolute Gasteiger partial charge is 0.251 e. The van der Waals surface area contributed by atoms with Crippen LogP contribution in [0.4, 0.5) is 0 Å². The lowest BCUT2D eigenvalue weighted by molar-refractivity contribution is -0.123. The normalized spacial score (nSPS) is 14.2. The van der Waals surface area contributed by atoms with Gasteiger partial charge < -0.3 is 20.1 Å². The first-order valence-corrected chi connectivity index (χ1v) is 10.9. The van der Waals surface area contributed by atoms with Crippen LogP contribution < -0.4 is 20.1 Å². The number of carbonyl (C=O) groups excluding carboxylic acids is 2.